The second-order valence-electron chi connectivity index (χ2n) is 5.92. The first-order valence-electron chi connectivity index (χ1n) is 8.09. The van der Waals surface area contributed by atoms with Crippen LogP contribution in [0.25, 0.3) is 0 Å². The Morgan fingerprint density at radius 1 is 1.33 bits per heavy atom. The number of rotatable bonds is 6. The smallest absolute Gasteiger partial charge is 0.239 e. The average Bonchev–Trinajstić information content (AvgIpc) is 2.48. The van der Waals surface area contributed by atoms with Gasteiger partial charge in [0, 0.05) is 24.0 Å². The Labute approximate surface area is 127 Å². The Morgan fingerprint density at radius 2 is 2.10 bits per heavy atom. The number of hydrogen-bond acceptors (Lipinski definition) is 3. The molecule has 116 valence electrons. The summed E-state index contributed by atoms with van der Waals surface area (Å²) in [6.45, 7) is 3.40. The summed E-state index contributed by atoms with van der Waals surface area (Å²) < 4.78 is 0. The van der Waals surface area contributed by atoms with Crippen molar-refractivity contribution in [3.63, 3.8) is 0 Å². The molecule has 0 unspecified atom stereocenters. The van der Waals surface area contributed by atoms with E-state index in [2.05, 4.69) is 17.1 Å². The summed E-state index contributed by atoms with van der Waals surface area (Å²) in [6, 6.07) is 8.13. The van der Waals surface area contributed by atoms with Gasteiger partial charge in [-0.3, -0.25) is 4.79 Å². The minimum absolute atomic E-state index is 0.123. The number of anilines is 2. The highest BCUT2D eigenvalue weighted by Crippen LogP contribution is 2.19. The van der Waals surface area contributed by atoms with Crippen LogP contribution in [0.2, 0.25) is 0 Å². The van der Waals surface area contributed by atoms with Gasteiger partial charge in [-0.25, -0.2) is 0 Å². The minimum Gasteiger partial charge on any atom is -0.399 e. The van der Waals surface area contributed by atoms with Crippen LogP contribution in [0.3, 0.4) is 0 Å². The van der Waals surface area contributed by atoms with Crippen LogP contribution in [0.5, 0.6) is 0 Å². The molecule has 1 aliphatic carbocycles. The summed E-state index contributed by atoms with van der Waals surface area (Å²) in [5.41, 5.74) is 7.61. The van der Waals surface area contributed by atoms with Gasteiger partial charge in [0.2, 0.25) is 5.91 Å². The van der Waals surface area contributed by atoms with E-state index in [1.165, 1.54) is 19.3 Å². The fourth-order valence-corrected chi connectivity index (χ4v) is 2.98. The van der Waals surface area contributed by atoms with E-state index in [9.17, 15) is 4.79 Å². The summed E-state index contributed by atoms with van der Waals surface area (Å²) in [5.74, 6) is 0.123. The van der Waals surface area contributed by atoms with E-state index in [4.69, 9.17) is 5.73 Å². The Balaban J connectivity index is 1.93. The Kier molecular flexibility index (Phi) is 5.90. The van der Waals surface area contributed by atoms with Gasteiger partial charge in [0.15, 0.2) is 0 Å². The quantitative estimate of drug-likeness (QED) is 0.792. The van der Waals surface area contributed by atoms with Crippen LogP contribution in [0.15, 0.2) is 24.3 Å². The molecular weight excluding hydrogens is 262 g/mol. The number of nitrogens with one attached hydrogen (secondary N) is 1. The first-order chi connectivity index (χ1) is 10.2. The number of nitrogens with zero attached hydrogens (tertiary/aromatic N) is 1. The van der Waals surface area contributed by atoms with E-state index in [-0.39, 0.29) is 5.91 Å². The van der Waals surface area contributed by atoms with Crippen LogP contribution in [-0.2, 0) is 4.79 Å². The van der Waals surface area contributed by atoms with E-state index in [1.807, 2.05) is 24.3 Å². The topological polar surface area (TPSA) is 58.4 Å². The number of nitrogens with two attached hydrogens (primary N) is 1. The standard InChI is InChI=1S/C17H27N3O/c1-2-11-20(16-10-6-7-14(18)12-16)13-17(21)19-15-8-4-3-5-9-15/h6-7,10,12,15H,2-5,8-9,11,13,18H2,1H3,(H,19,21). The molecule has 1 saturated carbocycles. The van der Waals surface area contributed by atoms with E-state index >= 15 is 0 Å². The molecule has 0 radical (unpaired) electrons. The first kappa shape index (κ1) is 15.7. The van der Waals surface area contributed by atoms with Crippen molar-refractivity contribution >= 4 is 17.3 Å². The highest BCUT2D eigenvalue weighted by molar-refractivity contribution is 5.81. The SMILES string of the molecule is CCCN(CC(=O)NC1CCCCC1)c1cccc(N)c1. The minimum atomic E-state index is 0.123. The maximum absolute atomic E-state index is 12.3. The normalized spacial score (nSPS) is 15.7. The fourth-order valence-electron chi connectivity index (χ4n) is 2.98. The maximum atomic E-state index is 12.3. The lowest BCUT2D eigenvalue weighted by Gasteiger charge is -2.27. The molecule has 0 aliphatic heterocycles. The Morgan fingerprint density at radius 3 is 2.76 bits per heavy atom. The molecule has 3 N–H and O–H groups in total. The van der Waals surface area contributed by atoms with Crippen LogP contribution < -0.4 is 16.0 Å². The van der Waals surface area contributed by atoms with Crippen molar-refractivity contribution in [2.24, 2.45) is 0 Å². The zero-order chi connectivity index (χ0) is 15.1. The molecule has 0 bridgehead atoms. The summed E-state index contributed by atoms with van der Waals surface area (Å²) in [4.78, 5) is 14.4. The van der Waals surface area contributed by atoms with Crippen LogP contribution in [0, 0.1) is 0 Å². The van der Waals surface area contributed by atoms with Crippen LogP contribution in [0.1, 0.15) is 45.4 Å². The lowest BCUT2D eigenvalue weighted by molar-refractivity contribution is -0.120. The summed E-state index contributed by atoms with van der Waals surface area (Å²) in [7, 11) is 0. The zero-order valence-electron chi connectivity index (χ0n) is 13.0. The van der Waals surface area contributed by atoms with Gasteiger partial charge < -0.3 is 16.0 Å². The third kappa shape index (κ3) is 4.96. The predicted molar refractivity (Wildman–Crippen MR) is 88.4 cm³/mol. The summed E-state index contributed by atoms with van der Waals surface area (Å²) >= 11 is 0. The number of amides is 1. The second kappa shape index (κ2) is 7.91. The third-order valence-electron chi connectivity index (χ3n) is 4.03. The predicted octanol–water partition coefficient (Wildman–Crippen LogP) is 2.93. The van der Waals surface area contributed by atoms with Gasteiger partial charge in [-0.15, -0.1) is 0 Å². The monoisotopic (exact) mass is 289 g/mol. The van der Waals surface area contributed by atoms with Gasteiger partial charge >= 0.3 is 0 Å². The molecule has 0 aromatic heterocycles. The van der Waals surface area contributed by atoms with Crippen molar-refractivity contribution in [2.75, 3.05) is 23.7 Å². The Bertz CT molecular complexity index is 455. The van der Waals surface area contributed by atoms with Crippen LogP contribution in [0.4, 0.5) is 11.4 Å². The molecule has 1 aromatic carbocycles. The number of nitrogen functional groups attached to an aromatic ring is 1. The molecule has 2 rings (SSSR count). The lowest BCUT2D eigenvalue weighted by Crippen LogP contribution is -2.43. The fraction of sp³-hybridized carbons (Fsp3) is 0.588. The molecule has 1 aromatic rings. The molecule has 0 spiro atoms. The molecule has 4 nitrogen and oxygen atoms in total. The molecule has 1 fully saturated rings. The van der Waals surface area contributed by atoms with E-state index in [0.29, 0.717) is 12.6 Å². The van der Waals surface area contributed by atoms with Crippen molar-refractivity contribution in [3.05, 3.63) is 24.3 Å². The largest absolute Gasteiger partial charge is 0.399 e. The van der Waals surface area contributed by atoms with E-state index in [0.717, 1.165) is 37.2 Å². The number of hydrogen-bond donors (Lipinski definition) is 2. The van der Waals surface area contributed by atoms with E-state index in [1.54, 1.807) is 0 Å². The molecule has 1 aliphatic rings. The van der Waals surface area contributed by atoms with Gasteiger partial charge in [-0.05, 0) is 37.5 Å². The molecular formula is C17H27N3O. The molecule has 0 atom stereocenters. The number of carbonyl (C=O) groups is 1. The van der Waals surface area contributed by atoms with Crippen molar-refractivity contribution in [2.45, 2.75) is 51.5 Å². The van der Waals surface area contributed by atoms with Gasteiger partial charge in [-0.2, -0.15) is 0 Å². The highest BCUT2D eigenvalue weighted by Gasteiger charge is 2.17. The van der Waals surface area contributed by atoms with Crippen LogP contribution in [-0.4, -0.2) is 25.0 Å². The number of benzene rings is 1. The molecule has 4 heteroatoms. The average molecular weight is 289 g/mol. The Hall–Kier alpha value is -1.71. The van der Waals surface area contributed by atoms with Crippen molar-refractivity contribution in [1.29, 1.82) is 0 Å². The van der Waals surface area contributed by atoms with E-state index < -0.39 is 0 Å². The zero-order valence-corrected chi connectivity index (χ0v) is 13.0. The molecule has 21 heavy (non-hydrogen) atoms. The summed E-state index contributed by atoms with van der Waals surface area (Å²) in [5, 5.41) is 3.18. The molecule has 0 heterocycles. The lowest BCUT2D eigenvalue weighted by atomic mass is 9.95. The van der Waals surface area contributed by atoms with Crippen molar-refractivity contribution in [3.8, 4) is 0 Å². The number of carbonyl (C=O) groups excluding carboxylic acids is 1. The maximum Gasteiger partial charge on any atom is 0.239 e. The second-order valence-corrected chi connectivity index (χ2v) is 5.92. The van der Waals surface area contributed by atoms with Crippen molar-refractivity contribution < 1.29 is 4.79 Å². The van der Waals surface area contributed by atoms with Gasteiger partial charge in [0.25, 0.3) is 0 Å². The molecule has 1 amide bonds. The highest BCUT2D eigenvalue weighted by atomic mass is 16.2. The van der Waals surface area contributed by atoms with Crippen LogP contribution >= 0.6 is 0 Å². The first-order valence-corrected chi connectivity index (χ1v) is 8.09. The summed E-state index contributed by atoms with van der Waals surface area (Å²) in [6.07, 6.45) is 7.02. The van der Waals surface area contributed by atoms with Crippen molar-refractivity contribution in [1.82, 2.24) is 5.32 Å². The van der Waals surface area contributed by atoms with Gasteiger partial charge in [0.1, 0.15) is 0 Å². The van der Waals surface area contributed by atoms with Gasteiger partial charge in [-0.1, -0.05) is 32.3 Å². The third-order valence-corrected chi connectivity index (χ3v) is 4.03. The van der Waals surface area contributed by atoms with Gasteiger partial charge in [0.05, 0.1) is 6.54 Å². The molecule has 0 saturated heterocycles.